The molecule has 7 heteroatoms. The molecule has 0 spiro atoms. The van der Waals surface area contributed by atoms with Gasteiger partial charge in [0, 0.05) is 57.0 Å². The maximum absolute atomic E-state index is 12.9. The molecule has 1 fully saturated rings. The Morgan fingerprint density at radius 2 is 1.79 bits per heavy atom. The van der Waals surface area contributed by atoms with Crippen molar-refractivity contribution in [2.24, 2.45) is 0 Å². The number of aromatic nitrogens is 2. The highest BCUT2D eigenvalue weighted by Crippen LogP contribution is 2.23. The molecule has 0 radical (unpaired) electrons. The Bertz CT molecular complexity index is 1120. The molecule has 1 aliphatic carbocycles. The number of carbonyl (C=O) groups is 1. The summed E-state index contributed by atoms with van der Waals surface area (Å²) < 4.78 is 0. The minimum Gasteiger partial charge on any atom is -0.378 e. The molecule has 0 atom stereocenters. The van der Waals surface area contributed by atoms with Crippen LogP contribution in [0.15, 0.2) is 65.8 Å². The van der Waals surface area contributed by atoms with Crippen molar-refractivity contribution in [1.82, 2.24) is 20.6 Å². The third-order valence-corrected chi connectivity index (χ3v) is 6.24. The number of carbonyl (C=O) groups excluding carboxylic acids is 1. The Morgan fingerprint density at radius 1 is 1.06 bits per heavy atom. The monoisotopic (exact) mass is 445 g/mol. The molecule has 3 aromatic rings. The Hall–Kier alpha value is -3.45. The highest BCUT2D eigenvalue weighted by Gasteiger charge is 2.23. The second-order valence-corrected chi connectivity index (χ2v) is 8.84. The average Bonchev–Trinajstić information content (AvgIpc) is 2.84. The smallest absolute Gasteiger partial charge is 0.260 e. The zero-order chi connectivity index (χ0) is 23.2. The van der Waals surface area contributed by atoms with Gasteiger partial charge in [0.2, 0.25) is 0 Å². The van der Waals surface area contributed by atoms with Crippen LogP contribution in [0.5, 0.6) is 0 Å². The highest BCUT2D eigenvalue weighted by atomic mass is 16.2. The van der Waals surface area contributed by atoms with Crippen molar-refractivity contribution in [3.05, 3.63) is 82.5 Å². The molecule has 7 nitrogen and oxygen atoms in total. The van der Waals surface area contributed by atoms with Gasteiger partial charge in [-0.1, -0.05) is 18.2 Å². The van der Waals surface area contributed by atoms with Gasteiger partial charge in [-0.15, -0.1) is 0 Å². The minimum absolute atomic E-state index is 0.0800. The van der Waals surface area contributed by atoms with Crippen LogP contribution < -0.4 is 21.1 Å². The number of amides is 1. The molecule has 0 saturated heterocycles. The molecule has 3 N–H and O–H groups in total. The average molecular weight is 446 g/mol. The second-order valence-electron chi connectivity index (χ2n) is 8.84. The van der Waals surface area contributed by atoms with Crippen molar-refractivity contribution in [3.8, 4) is 11.1 Å². The van der Waals surface area contributed by atoms with E-state index in [4.69, 9.17) is 0 Å². The van der Waals surface area contributed by atoms with E-state index in [1.165, 1.54) is 5.56 Å². The van der Waals surface area contributed by atoms with Crippen LogP contribution in [0.2, 0.25) is 0 Å². The van der Waals surface area contributed by atoms with Gasteiger partial charge in [-0.3, -0.25) is 14.6 Å². The fourth-order valence-corrected chi connectivity index (χ4v) is 4.24. The zero-order valence-electron chi connectivity index (χ0n) is 19.2. The fourth-order valence-electron chi connectivity index (χ4n) is 4.24. The molecule has 0 unspecified atom stereocenters. The van der Waals surface area contributed by atoms with Gasteiger partial charge in [0.05, 0.1) is 0 Å². The van der Waals surface area contributed by atoms with E-state index in [9.17, 15) is 9.59 Å². The summed E-state index contributed by atoms with van der Waals surface area (Å²) in [6.45, 7) is 0.799. The molecule has 2 aromatic heterocycles. The third-order valence-electron chi connectivity index (χ3n) is 6.24. The number of H-pyrrole nitrogens is 1. The predicted octanol–water partition coefficient (Wildman–Crippen LogP) is 3.33. The Morgan fingerprint density at radius 3 is 2.45 bits per heavy atom. The Labute approximate surface area is 194 Å². The van der Waals surface area contributed by atoms with E-state index in [1.54, 1.807) is 18.5 Å². The van der Waals surface area contributed by atoms with Crippen molar-refractivity contribution in [2.75, 3.05) is 19.0 Å². The number of benzene rings is 1. The van der Waals surface area contributed by atoms with Crippen LogP contribution >= 0.6 is 0 Å². The number of hydrogen-bond acceptors (Lipinski definition) is 5. The molecular weight excluding hydrogens is 414 g/mol. The van der Waals surface area contributed by atoms with E-state index >= 15 is 0 Å². The molecular formula is C26H31N5O2. The van der Waals surface area contributed by atoms with E-state index in [1.807, 2.05) is 55.5 Å². The van der Waals surface area contributed by atoms with E-state index in [0.29, 0.717) is 6.04 Å². The van der Waals surface area contributed by atoms with Gasteiger partial charge in [0.1, 0.15) is 5.56 Å². The number of nitrogens with one attached hydrogen (secondary N) is 3. The van der Waals surface area contributed by atoms with Gasteiger partial charge < -0.3 is 20.5 Å². The highest BCUT2D eigenvalue weighted by molar-refractivity contribution is 5.95. The summed E-state index contributed by atoms with van der Waals surface area (Å²) in [6.07, 6.45) is 9.06. The number of aromatic amines is 1. The van der Waals surface area contributed by atoms with E-state index in [0.717, 1.165) is 49.0 Å². The lowest BCUT2D eigenvalue weighted by atomic mass is 9.91. The molecule has 1 amide bonds. The summed E-state index contributed by atoms with van der Waals surface area (Å²) >= 11 is 0. The van der Waals surface area contributed by atoms with Crippen LogP contribution in [-0.2, 0) is 6.54 Å². The Kier molecular flexibility index (Phi) is 7.19. The van der Waals surface area contributed by atoms with Crippen molar-refractivity contribution < 1.29 is 4.79 Å². The molecule has 0 aliphatic heterocycles. The van der Waals surface area contributed by atoms with Gasteiger partial charge in [-0.2, -0.15) is 0 Å². The lowest BCUT2D eigenvalue weighted by Crippen LogP contribution is -2.43. The molecule has 2 heterocycles. The molecule has 0 bridgehead atoms. The minimum atomic E-state index is -0.368. The van der Waals surface area contributed by atoms with Crippen LogP contribution in [0, 0.1) is 0 Å². The quantitative estimate of drug-likeness (QED) is 0.519. The summed E-state index contributed by atoms with van der Waals surface area (Å²) in [5, 5.41) is 6.65. The third kappa shape index (κ3) is 5.87. The van der Waals surface area contributed by atoms with Crippen LogP contribution in [-0.4, -0.2) is 42.1 Å². The number of hydrogen-bond donors (Lipinski definition) is 3. The molecule has 4 rings (SSSR count). The molecule has 1 aromatic carbocycles. The first-order chi connectivity index (χ1) is 16.0. The second kappa shape index (κ2) is 10.4. The van der Waals surface area contributed by atoms with Gasteiger partial charge >= 0.3 is 0 Å². The number of rotatable bonds is 7. The predicted molar refractivity (Wildman–Crippen MR) is 131 cm³/mol. The van der Waals surface area contributed by atoms with Gasteiger partial charge in [0.15, 0.2) is 0 Å². The normalized spacial score (nSPS) is 18.0. The Balaban J connectivity index is 1.34. The summed E-state index contributed by atoms with van der Waals surface area (Å²) in [6, 6.07) is 14.2. The summed E-state index contributed by atoms with van der Waals surface area (Å²) in [5.74, 6) is -0.310. The fraction of sp³-hybridized carbons (Fsp3) is 0.346. The summed E-state index contributed by atoms with van der Waals surface area (Å²) in [4.78, 5) is 34.1. The summed E-state index contributed by atoms with van der Waals surface area (Å²) in [5.41, 5.74) is 3.81. The van der Waals surface area contributed by atoms with Crippen LogP contribution in [0.25, 0.3) is 11.1 Å². The largest absolute Gasteiger partial charge is 0.378 e. The molecule has 1 aliphatic rings. The standard InChI is InChI=1S/C26H31N5O2/c1-31(2)23-11-5-19(6-12-23)20-14-24(25(32)29-17-20)26(33)30-22-9-7-21(8-10-22)28-16-18-4-3-13-27-15-18/h3-6,11-15,17,21-22,28H,7-10,16H2,1-2H3,(H,29,32)(H,30,33). The van der Waals surface area contributed by atoms with Crippen LogP contribution in [0.3, 0.4) is 0 Å². The van der Waals surface area contributed by atoms with Gasteiger partial charge in [0.25, 0.3) is 11.5 Å². The number of anilines is 1. The zero-order valence-corrected chi connectivity index (χ0v) is 19.2. The number of pyridine rings is 2. The maximum atomic E-state index is 12.9. The maximum Gasteiger partial charge on any atom is 0.260 e. The van der Waals surface area contributed by atoms with Crippen molar-refractivity contribution >= 4 is 11.6 Å². The van der Waals surface area contributed by atoms with Crippen LogP contribution in [0.4, 0.5) is 5.69 Å². The summed E-state index contributed by atoms with van der Waals surface area (Å²) in [7, 11) is 3.98. The van der Waals surface area contributed by atoms with E-state index < -0.39 is 0 Å². The lowest BCUT2D eigenvalue weighted by molar-refractivity contribution is 0.0922. The lowest BCUT2D eigenvalue weighted by Gasteiger charge is -2.29. The van der Waals surface area contributed by atoms with E-state index in [-0.39, 0.29) is 23.1 Å². The molecule has 1 saturated carbocycles. The van der Waals surface area contributed by atoms with Crippen LogP contribution in [0.1, 0.15) is 41.6 Å². The number of nitrogens with zero attached hydrogens (tertiary/aromatic N) is 2. The molecule has 33 heavy (non-hydrogen) atoms. The van der Waals surface area contributed by atoms with Gasteiger partial charge in [-0.25, -0.2) is 0 Å². The first-order valence-electron chi connectivity index (χ1n) is 11.4. The van der Waals surface area contributed by atoms with Crippen molar-refractivity contribution in [3.63, 3.8) is 0 Å². The SMILES string of the molecule is CN(C)c1ccc(-c2c[nH]c(=O)c(C(=O)NC3CCC(NCc4cccnc4)CC3)c2)cc1. The first kappa shape index (κ1) is 22.7. The first-order valence-corrected chi connectivity index (χ1v) is 11.4. The van der Waals surface area contributed by atoms with Gasteiger partial charge in [-0.05, 0) is 66.6 Å². The van der Waals surface area contributed by atoms with E-state index in [2.05, 4.69) is 26.7 Å². The molecule has 172 valence electrons. The van der Waals surface area contributed by atoms with Crippen molar-refractivity contribution in [1.29, 1.82) is 0 Å². The van der Waals surface area contributed by atoms with Crippen molar-refractivity contribution in [2.45, 2.75) is 44.3 Å². The topological polar surface area (TPSA) is 90.1 Å².